The van der Waals surface area contributed by atoms with Gasteiger partial charge in [-0.25, -0.2) is 9.97 Å². The van der Waals surface area contributed by atoms with Crippen molar-refractivity contribution in [2.75, 3.05) is 19.7 Å². The van der Waals surface area contributed by atoms with Crippen LogP contribution >= 0.6 is 0 Å². The summed E-state index contributed by atoms with van der Waals surface area (Å²) in [5.74, 6) is 0.987. The van der Waals surface area contributed by atoms with Gasteiger partial charge in [-0.2, -0.15) is 0 Å². The van der Waals surface area contributed by atoms with Gasteiger partial charge in [0.05, 0.1) is 24.3 Å². The lowest BCUT2D eigenvalue weighted by Gasteiger charge is -2.35. The molecule has 4 rings (SSSR count). The summed E-state index contributed by atoms with van der Waals surface area (Å²) in [5, 5.41) is 0. The summed E-state index contributed by atoms with van der Waals surface area (Å²) >= 11 is 0. The number of ether oxygens (including phenoxy) is 1. The number of carbonyl (C=O) groups excluding carboxylic acids is 1. The highest BCUT2D eigenvalue weighted by molar-refractivity contribution is 5.78. The van der Waals surface area contributed by atoms with Crippen molar-refractivity contribution in [3.8, 4) is 11.4 Å². The molecular formula is C21H25N3O2. The SMILES string of the molecule is Cc1nc(-c2ccccc2)nc2c1COC[C@@]21CCN(C(=O)C(C)C)C1. The third kappa shape index (κ3) is 2.80. The zero-order chi connectivity index (χ0) is 18.3. The maximum absolute atomic E-state index is 12.5. The summed E-state index contributed by atoms with van der Waals surface area (Å²) in [4.78, 5) is 24.2. The first-order chi connectivity index (χ1) is 12.5. The number of fused-ring (bicyclic) bond motifs is 2. The number of rotatable bonds is 2. The number of nitrogens with zero attached hydrogens (tertiary/aromatic N) is 3. The van der Waals surface area contributed by atoms with E-state index in [4.69, 9.17) is 14.7 Å². The molecule has 2 aliphatic heterocycles. The lowest BCUT2D eigenvalue weighted by atomic mass is 9.80. The van der Waals surface area contributed by atoms with Crippen LogP contribution in [0.1, 0.15) is 37.2 Å². The van der Waals surface area contributed by atoms with E-state index in [-0.39, 0.29) is 17.2 Å². The van der Waals surface area contributed by atoms with Gasteiger partial charge in [-0.3, -0.25) is 4.79 Å². The first-order valence-corrected chi connectivity index (χ1v) is 9.30. The van der Waals surface area contributed by atoms with Crippen molar-refractivity contribution in [3.05, 3.63) is 47.3 Å². The Kier molecular flexibility index (Phi) is 4.27. The van der Waals surface area contributed by atoms with Gasteiger partial charge in [-0.15, -0.1) is 0 Å². The van der Waals surface area contributed by atoms with Gasteiger partial charge >= 0.3 is 0 Å². The lowest BCUT2D eigenvalue weighted by molar-refractivity contribution is -0.133. The molecule has 5 heteroatoms. The smallest absolute Gasteiger partial charge is 0.225 e. The van der Waals surface area contributed by atoms with E-state index in [1.807, 2.05) is 56.0 Å². The van der Waals surface area contributed by atoms with E-state index in [9.17, 15) is 4.79 Å². The van der Waals surface area contributed by atoms with Crippen molar-refractivity contribution in [2.45, 2.75) is 39.2 Å². The molecule has 136 valence electrons. The van der Waals surface area contributed by atoms with Gasteiger partial charge in [-0.1, -0.05) is 44.2 Å². The van der Waals surface area contributed by atoms with E-state index in [0.29, 0.717) is 19.8 Å². The molecule has 1 aromatic carbocycles. The fourth-order valence-electron chi connectivity index (χ4n) is 4.08. The molecule has 1 amide bonds. The Balaban J connectivity index is 1.76. The third-order valence-corrected chi connectivity index (χ3v) is 5.53. The molecular weight excluding hydrogens is 326 g/mol. The summed E-state index contributed by atoms with van der Waals surface area (Å²) < 4.78 is 5.93. The molecule has 0 radical (unpaired) electrons. The van der Waals surface area contributed by atoms with E-state index in [1.165, 1.54) is 0 Å². The molecule has 0 aliphatic carbocycles. The van der Waals surface area contributed by atoms with Gasteiger partial charge in [0.2, 0.25) is 5.91 Å². The van der Waals surface area contributed by atoms with Gasteiger partial charge in [0.15, 0.2) is 5.82 Å². The highest BCUT2D eigenvalue weighted by atomic mass is 16.5. The second-order valence-electron chi connectivity index (χ2n) is 7.76. The van der Waals surface area contributed by atoms with Crippen LogP contribution in [0, 0.1) is 12.8 Å². The van der Waals surface area contributed by atoms with Gasteiger partial charge in [0.1, 0.15) is 0 Å². The van der Waals surface area contributed by atoms with Crippen molar-refractivity contribution < 1.29 is 9.53 Å². The zero-order valence-electron chi connectivity index (χ0n) is 15.7. The van der Waals surface area contributed by atoms with E-state index in [0.717, 1.165) is 41.3 Å². The summed E-state index contributed by atoms with van der Waals surface area (Å²) in [5.41, 5.74) is 3.95. The number of benzene rings is 1. The van der Waals surface area contributed by atoms with Crippen molar-refractivity contribution in [3.63, 3.8) is 0 Å². The highest BCUT2D eigenvalue weighted by Crippen LogP contribution is 2.40. The Morgan fingerprint density at radius 3 is 2.73 bits per heavy atom. The van der Waals surface area contributed by atoms with Gasteiger partial charge in [0, 0.05) is 35.8 Å². The second kappa shape index (κ2) is 6.47. The van der Waals surface area contributed by atoms with E-state index in [2.05, 4.69) is 0 Å². The fourth-order valence-corrected chi connectivity index (χ4v) is 4.08. The summed E-state index contributed by atoms with van der Waals surface area (Å²) in [7, 11) is 0. The Labute approximate surface area is 154 Å². The Morgan fingerprint density at radius 1 is 1.23 bits per heavy atom. The molecule has 1 fully saturated rings. The molecule has 26 heavy (non-hydrogen) atoms. The number of likely N-dealkylation sites (tertiary alicyclic amines) is 1. The molecule has 0 saturated carbocycles. The van der Waals surface area contributed by atoms with Crippen LogP contribution in [-0.4, -0.2) is 40.5 Å². The third-order valence-electron chi connectivity index (χ3n) is 5.53. The average molecular weight is 351 g/mol. The molecule has 1 saturated heterocycles. The molecule has 5 nitrogen and oxygen atoms in total. The lowest BCUT2D eigenvalue weighted by Crippen LogP contribution is -2.42. The van der Waals surface area contributed by atoms with Crippen LogP contribution in [0.5, 0.6) is 0 Å². The van der Waals surface area contributed by atoms with Crippen molar-refractivity contribution >= 4 is 5.91 Å². The molecule has 3 heterocycles. The zero-order valence-corrected chi connectivity index (χ0v) is 15.7. The largest absolute Gasteiger partial charge is 0.376 e. The Morgan fingerprint density at radius 2 is 2.00 bits per heavy atom. The highest BCUT2D eigenvalue weighted by Gasteiger charge is 2.46. The molecule has 1 spiro atoms. The van der Waals surface area contributed by atoms with Crippen LogP contribution < -0.4 is 0 Å². The van der Waals surface area contributed by atoms with Gasteiger partial charge in [0.25, 0.3) is 0 Å². The fraction of sp³-hybridized carbons (Fsp3) is 0.476. The normalized spacial score (nSPS) is 22.1. The molecule has 2 aromatic rings. The summed E-state index contributed by atoms with van der Waals surface area (Å²) in [6.07, 6.45) is 0.892. The minimum atomic E-state index is -0.213. The minimum absolute atomic E-state index is 0.0149. The van der Waals surface area contributed by atoms with E-state index < -0.39 is 0 Å². The van der Waals surface area contributed by atoms with Crippen LogP contribution in [0.3, 0.4) is 0 Å². The molecule has 1 aromatic heterocycles. The second-order valence-corrected chi connectivity index (χ2v) is 7.76. The number of aryl methyl sites for hydroxylation is 1. The van der Waals surface area contributed by atoms with Crippen LogP contribution in [-0.2, 0) is 21.6 Å². The van der Waals surface area contributed by atoms with Crippen LogP contribution in [0.4, 0.5) is 0 Å². The van der Waals surface area contributed by atoms with E-state index in [1.54, 1.807) is 0 Å². The Bertz CT molecular complexity index is 835. The number of aromatic nitrogens is 2. The van der Waals surface area contributed by atoms with Crippen LogP contribution in [0.2, 0.25) is 0 Å². The predicted octanol–water partition coefficient (Wildman–Crippen LogP) is 3.11. The minimum Gasteiger partial charge on any atom is -0.376 e. The van der Waals surface area contributed by atoms with Gasteiger partial charge < -0.3 is 9.64 Å². The molecule has 0 unspecified atom stereocenters. The summed E-state index contributed by atoms with van der Waals surface area (Å²) in [6.45, 7) is 8.56. The van der Waals surface area contributed by atoms with Gasteiger partial charge in [-0.05, 0) is 13.3 Å². The topological polar surface area (TPSA) is 55.3 Å². The van der Waals surface area contributed by atoms with Crippen molar-refractivity contribution in [1.29, 1.82) is 0 Å². The average Bonchev–Trinajstić information content (AvgIpc) is 3.07. The summed E-state index contributed by atoms with van der Waals surface area (Å²) in [6, 6.07) is 10.1. The monoisotopic (exact) mass is 351 g/mol. The number of carbonyl (C=O) groups is 1. The predicted molar refractivity (Wildman–Crippen MR) is 99.6 cm³/mol. The maximum Gasteiger partial charge on any atom is 0.225 e. The number of amides is 1. The molecule has 1 atom stereocenters. The first-order valence-electron chi connectivity index (χ1n) is 9.30. The number of hydrogen-bond donors (Lipinski definition) is 0. The number of hydrogen-bond acceptors (Lipinski definition) is 4. The molecule has 0 bridgehead atoms. The maximum atomic E-state index is 12.5. The Hall–Kier alpha value is -2.27. The quantitative estimate of drug-likeness (QED) is 0.834. The van der Waals surface area contributed by atoms with E-state index >= 15 is 0 Å². The van der Waals surface area contributed by atoms with Crippen LogP contribution in [0.25, 0.3) is 11.4 Å². The van der Waals surface area contributed by atoms with Crippen LogP contribution in [0.15, 0.2) is 30.3 Å². The molecule has 0 N–H and O–H groups in total. The van der Waals surface area contributed by atoms with Crippen molar-refractivity contribution in [2.24, 2.45) is 5.92 Å². The van der Waals surface area contributed by atoms with Crippen molar-refractivity contribution in [1.82, 2.24) is 14.9 Å². The first kappa shape index (κ1) is 17.2. The molecule has 2 aliphatic rings. The standard InChI is InChI=1S/C21H25N3O2/c1-14(2)20(25)24-10-9-21(12-24)13-26-11-17-15(3)22-19(23-18(17)21)16-7-5-4-6-8-16/h4-8,14H,9-13H2,1-3H3/t21-/m0/s1.